The Bertz CT molecular complexity index is 235. The van der Waals surface area contributed by atoms with Gasteiger partial charge in [0, 0.05) is 6.20 Å². The summed E-state index contributed by atoms with van der Waals surface area (Å²) in [4.78, 5) is 13.0. The molecule has 1 aliphatic rings. The van der Waals surface area contributed by atoms with E-state index in [1.807, 2.05) is 0 Å². The molecule has 0 amide bonds. The predicted octanol–water partition coefficient (Wildman–Crippen LogP) is -1.39. The molecule has 1 unspecified atom stereocenters. The highest BCUT2D eigenvalue weighted by Crippen LogP contribution is 1.98. The lowest BCUT2D eigenvalue weighted by Gasteiger charge is -2.16. The van der Waals surface area contributed by atoms with Gasteiger partial charge in [-0.15, -0.1) is 0 Å². The molecule has 0 aromatic rings. The van der Waals surface area contributed by atoms with E-state index in [1.54, 1.807) is 0 Å². The van der Waals surface area contributed by atoms with Crippen LogP contribution in [0.1, 0.15) is 0 Å². The van der Waals surface area contributed by atoms with Gasteiger partial charge >= 0.3 is 5.84 Å². The van der Waals surface area contributed by atoms with E-state index in [2.05, 4.69) is 4.99 Å². The van der Waals surface area contributed by atoms with Crippen LogP contribution in [0.15, 0.2) is 17.3 Å². The first-order valence-electron chi connectivity index (χ1n) is 2.80. The molecule has 0 saturated carbocycles. The maximum atomic E-state index is 10.1. The largest absolute Gasteiger partial charge is 0.363 e. The zero-order valence-corrected chi connectivity index (χ0v) is 5.54. The lowest BCUT2D eigenvalue weighted by atomic mass is 10.5. The fourth-order valence-electron chi connectivity index (χ4n) is 0.594. The predicted molar refractivity (Wildman–Crippen MR) is 37.6 cm³/mol. The summed E-state index contributed by atoms with van der Waals surface area (Å²) in [5.41, 5.74) is 5.26. The molecule has 0 aliphatic carbocycles. The third-order valence-corrected chi connectivity index (χ3v) is 1.15. The molecule has 7 nitrogen and oxygen atoms in total. The van der Waals surface area contributed by atoms with E-state index in [9.17, 15) is 10.1 Å². The molecule has 0 saturated heterocycles. The zero-order chi connectivity index (χ0) is 8.43. The third-order valence-electron chi connectivity index (χ3n) is 1.15. The second kappa shape index (κ2) is 2.64. The molecular formula is C4H7N5O2. The van der Waals surface area contributed by atoms with Crippen LogP contribution in [0.3, 0.4) is 0 Å². The molecule has 1 atom stereocenters. The SMILES string of the molecule is NC1N=C([N+](=O)[O-])C=CN1N. The van der Waals surface area contributed by atoms with E-state index in [4.69, 9.17) is 11.6 Å². The first-order chi connectivity index (χ1) is 5.11. The Balaban J connectivity index is 2.80. The van der Waals surface area contributed by atoms with Gasteiger partial charge in [-0.1, -0.05) is 0 Å². The summed E-state index contributed by atoms with van der Waals surface area (Å²) in [5.74, 6) is 4.95. The number of nitrogens with two attached hydrogens (primary N) is 2. The van der Waals surface area contributed by atoms with Crippen LogP contribution in [0.2, 0.25) is 0 Å². The summed E-state index contributed by atoms with van der Waals surface area (Å²) in [6, 6.07) is 0. The first kappa shape index (κ1) is 7.63. The molecule has 0 radical (unpaired) electrons. The smallest absolute Gasteiger partial charge is 0.358 e. The molecule has 1 rings (SSSR count). The maximum absolute atomic E-state index is 10.1. The van der Waals surface area contributed by atoms with Crippen LogP contribution in [0, 0.1) is 10.1 Å². The van der Waals surface area contributed by atoms with E-state index in [1.165, 1.54) is 12.3 Å². The van der Waals surface area contributed by atoms with Crippen LogP contribution >= 0.6 is 0 Å². The van der Waals surface area contributed by atoms with Gasteiger partial charge in [0.05, 0.1) is 6.08 Å². The van der Waals surface area contributed by atoms with Crippen LogP contribution in [0.4, 0.5) is 0 Å². The van der Waals surface area contributed by atoms with Crippen molar-refractivity contribution in [2.75, 3.05) is 0 Å². The number of amidine groups is 1. The topological polar surface area (TPSA) is 111 Å². The van der Waals surface area contributed by atoms with Crippen molar-refractivity contribution in [3.63, 3.8) is 0 Å². The van der Waals surface area contributed by atoms with Crippen LogP contribution in [-0.2, 0) is 0 Å². The highest BCUT2D eigenvalue weighted by molar-refractivity contribution is 5.86. The fourth-order valence-corrected chi connectivity index (χ4v) is 0.594. The molecule has 60 valence electrons. The molecule has 11 heavy (non-hydrogen) atoms. The van der Waals surface area contributed by atoms with E-state index in [0.717, 1.165) is 5.01 Å². The minimum absolute atomic E-state index is 0.279. The van der Waals surface area contributed by atoms with Crippen molar-refractivity contribution in [3.05, 3.63) is 22.4 Å². The molecule has 1 heterocycles. The van der Waals surface area contributed by atoms with Gasteiger partial charge in [-0.25, -0.2) is 5.84 Å². The number of rotatable bonds is 0. The third kappa shape index (κ3) is 1.51. The number of nitro groups is 1. The van der Waals surface area contributed by atoms with Crippen molar-refractivity contribution >= 4 is 5.84 Å². The number of hydrogen-bond acceptors (Lipinski definition) is 6. The van der Waals surface area contributed by atoms with Gasteiger partial charge in [-0.3, -0.25) is 10.7 Å². The Hall–Kier alpha value is -1.47. The second-order valence-electron chi connectivity index (χ2n) is 1.92. The first-order valence-corrected chi connectivity index (χ1v) is 2.80. The van der Waals surface area contributed by atoms with Gasteiger partial charge in [0.1, 0.15) is 0 Å². The fraction of sp³-hybridized carbons (Fsp3) is 0.250. The van der Waals surface area contributed by atoms with Gasteiger partial charge in [0.2, 0.25) is 0 Å². The van der Waals surface area contributed by atoms with Gasteiger partial charge in [-0.05, 0) is 9.92 Å². The van der Waals surface area contributed by atoms with E-state index < -0.39 is 11.2 Å². The van der Waals surface area contributed by atoms with Gasteiger partial charge < -0.3 is 10.1 Å². The zero-order valence-electron chi connectivity index (χ0n) is 5.54. The normalized spacial score (nSPS) is 23.3. The van der Waals surface area contributed by atoms with E-state index in [-0.39, 0.29) is 5.84 Å². The van der Waals surface area contributed by atoms with Crippen molar-refractivity contribution in [3.8, 4) is 0 Å². The number of aliphatic imine (C=N–C) groups is 1. The summed E-state index contributed by atoms with van der Waals surface area (Å²) < 4.78 is 0. The average Bonchev–Trinajstić information content (AvgIpc) is 1.94. The van der Waals surface area contributed by atoms with Crippen LogP contribution < -0.4 is 11.6 Å². The molecule has 1 aliphatic heterocycles. The molecule has 0 aromatic heterocycles. The van der Waals surface area contributed by atoms with Gasteiger partial charge in [0.15, 0.2) is 0 Å². The molecular weight excluding hydrogens is 150 g/mol. The van der Waals surface area contributed by atoms with Gasteiger partial charge in [0.25, 0.3) is 6.29 Å². The highest BCUT2D eigenvalue weighted by Gasteiger charge is 2.20. The minimum Gasteiger partial charge on any atom is -0.358 e. The Morgan fingerprint density at radius 1 is 1.82 bits per heavy atom. The lowest BCUT2D eigenvalue weighted by molar-refractivity contribution is -0.349. The molecule has 0 fully saturated rings. The molecule has 0 bridgehead atoms. The number of hydrogen-bond donors (Lipinski definition) is 2. The van der Waals surface area contributed by atoms with Crippen molar-refractivity contribution in [2.45, 2.75) is 6.29 Å². The molecule has 4 N–H and O–H groups in total. The molecule has 0 spiro atoms. The second-order valence-corrected chi connectivity index (χ2v) is 1.92. The summed E-state index contributed by atoms with van der Waals surface area (Å²) in [7, 11) is 0. The van der Waals surface area contributed by atoms with Crippen molar-refractivity contribution in [1.82, 2.24) is 5.01 Å². The Kier molecular flexibility index (Phi) is 1.83. The van der Waals surface area contributed by atoms with Crippen LogP contribution in [-0.4, -0.2) is 22.1 Å². The maximum Gasteiger partial charge on any atom is 0.363 e. The highest BCUT2D eigenvalue weighted by atomic mass is 16.6. The van der Waals surface area contributed by atoms with Gasteiger partial charge in [-0.2, -0.15) is 0 Å². The quantitative estimate of drug-likeness (QED) is 0.255. The number of nitrogens with zero attached hydrogens (tertiary/aromatic N) is 3. The van der Waals surface area contributed by atoms with E-state index in [0.29, 0.717) is 0 Å². The van der Waals surface area contributed by atoms with Crippen molar-refractivity contribution < 1.29 is 4.92 Å². The summed E-state index contributed by atoms with van der Waals surface area (Å²) in [6.07, 6.45) is 1.62. The Labute approximate surface area is 62.1 Å². The summed E-state index contributed by atoms with van der Waals surface area (Å²) in [5, 5.41) is 11.2. The summed E-state index contributed by atoms with van der Waals surface area (Å²) in [6.45, 7) is 0. The Morgan fingerprint density at radius 2 is 2.45 bits per heavy atom. The monoisotopic (exact) mass is 157 g/mol. The standard InChI is InChI=1S/C4H7N5O2/c5-4-7-3(9(10)11)1-2-8(4)6/h1-2,4H,5-6H2. The average molecular weight is 157 g/mol. The van der Waals surface area contributed by atoms with E-state index >= 15 is 0 Å². The van der Waals surface area contributed by atoms with Crippen molar-refractivity contribution in [1.29, 1.82) is 0 Å². The molecule has 7 heteroatoms. The summed E-state index contributed by atoms with van der Waals surface area (Å²) >= 11 is 0. The minimum atomic E-state index is -0.861. The lowest BCUT2D eigenvalue weighted by Crippen LogP contribution is -2.44. The Morgan fingerprint density at radius 3 is 2.91 bits per heavy atom. The molecule has 0 aromatic carbocycles. The number of hydrazine groups is 1. The van der Waals surface area contributed by atoms with Crippen LogP contribution in [0.5, 0.6) is 0 Å². The van der Waals surface area contributed by atoms with Crippen LogP contribution in [0.25, 0.3) is 0 Å². The van der Waals surface area contributed by atoms with Crippen molar-refractivity contribution in [2.24, 2.45) is 16.6 Å².